The third kappa shape index (κ3) is 7.29. The van der Waals surface area contributed by atoms with Crippen molar-refractivity contribution in [2.75, 3.05) is 59.4 Å². The third-order valence-corrected chi connectivity index (χ3v) is 6.17. The van der Waals surface area contributed by atoms with Crippen LogP contribution in [-0.4, -0.2) is 86.0 Å². The van der Waals surface area contributed by atoms with Crippen LogP contribution >= 0.6 is 0 Å². The minimum atomic E-state index is -0.200. The highest BCUT2D eigenvalue weighted by Crippen LogP contribution is 2.19. The number of nitrogens with zero attached hydrogens (tertiary/aromatic N) is 4. The van der Waals surface area contributed by atoms with Crippen LogP contribution in [0.15, 0.2) is 35.3 Å². The van der Waals surface area contributed by atoms with Crippen LogP contribution in [-0.2, 0) is 11.3 Å². The van der Waals surface area contributed by atoms with Crippen molar-refractivity contribution < 1.29 is 4.79 Å². The molecule has 1 atom stereocenters. The van der Waals surface area contributed by atoms with Crippen molar-refractivity contribution in [3.8, 4) is 0 Å². The summed E-state index contributed by atoms with van der Waals surface area (Å²) < 4.78 is 0. The summed E-state index contributed by atoms with van der Waals surface area (Å²) >= 11 is 0. The van der Waals surface area contributed by atoms with E-state index in [1.807, 2.05) is 7.05 Å². The maximum Gasteiger partial charge on any atom is 0.217 e. The van der Waals surface area contributed by atoms with E-state index in [4.69, 9.17) is 5.73 Å². The fraction of sp³-hybridized carbons (Fsp3) is 0.652. The average Bonchev–Trinajstić information content (AvgIpc) is 2.75. The van der Waals surface area contributed by atoms with Gasteiger partial charge in [0, 0.05) is 65.8 Å². The number of aliphatic imine (C=N–C) groups is 1. The number of nitrogens with two attached hydrogens (primary N) is 1. The smallest absolute Gasteiger partial charge is 0.217 e. The average molecular weight is 415 g/mol. The van der Waals surface area contributed by atoms with Crippen LogP contribution in [0.4, 0.5) is 0 Å². The Balaban J connectivity index is 1.31. The van der Waals surface area contributed by atoms with Crippen LogP contribution in [0.25, 0.3) is 0 Å². The Labute approximate surface area is 181 Å². The second kappa shape index (κ2) is 11.9. The predicted molar refractivity (Wildman–Crippen MR) is 122 cm³/mol. The molecule has 0 aromatic heterocycles. The molecule has 1 aromatic carbocycles. The number of piperidine rings is 1. The number of rotatable bonds is 8. The second-order valence-electron chi connectivity index (χ2n) is 8.56. The lowest BCUT2D eigenvalue weighted by Crippen LogP contribution is -2.48. The first-order valence-corrected chi connectivity index (χ1v) is 11.4. The molecule has 1 amide bonds. The second-order valence-corrected chi connectivity index (χ2v) is 8.56. The molecule has 2 aliphatic heterocycles. The van der Waals surface area contributed by atoms with E-state index >= 15 is 0 Å². The number of guanidine groups is 1. The quantitative estimate of drug-likeness (QED) is 0.382. The fourth-order valence-corrected chi connectivity index (χ4v) is 4.56. The van der Waals surface area contributed by atoms with Gasteiger partial charge in [0.15, 0.2) is 5.96 Å². The van der Waals surface area contributed by atoms with Crippen molar-refractivity contribution in [2.45, 2.75) is 32.2 Å². The molecule has 0 saturated carbocycles. The zero-order chi connectivity index (χ0) is 21.2. The van der Waals surface area contributed by atoms with Crippen molar-refractivity contribution in [1.82, 2.24) is 20.0 Å². The minimum absolute atomic E-state index is 0.200. The number of carbonyl (C=O) groups is 1. The molecule has 30 heavy (non-hydrogen) atoms. The summed E-state index contributed by atoms with van der Waals surface area (Å²) in [4.78, 5) is 23.1. The molecule has 7 heteroatoms. The highest BCUT2D eigenvalue weighted by atomic mass is 16.1. The lowest BCUT2D eigenvalue weighted by atomic mass is 9.95. The molecule has 1 aromatic rings. The highest BCUT2D eigenvalue weighted by molar-refractivity contribution is 5.80. The lowest BCUT2D eigenvalue weighted by Gasteiger charge is -2.35. The number of piperazine rings is 1. The molecule has 3 rings (SSSR count). The number of benzene rings is 1. The summed E-state index contributed by atoms with van der Waals surface area (Å²) in [7, 11) is 1.84. The Morgan fingerprint density at radius 2 is 1.87 bits per heavy atom. The Morgan fingerprint density at radius 3 is 2.57 bits per heavy atom. The first kappa shape index (κ1) is 22.6. The van der Waals surface area contributed by atoms with Crippen LogP contribution in [0.3, 0.4) is 0 Å². The summed E-state index contributed by atoms with van der Waals surface area (Å²) in [6.45, 7) is 9.52. The van der Waals surface area contributed by atoms with Gasteiger partial charge in [0.05, 0.1) is 0 Å². The van der Waals surface area contributed by atoms with Crippen LogP contribution < -0.4 is 11.1 Å². The summed E-state index contributed by atoms with van der Waals surface area (Å²) in [6.07, 6.45) is 3.75. The normalized spacial score (nSPS) is 21.6. The van der Waals surface area contributed by atoms with Crippen molar-refractivity contribution >= 4 is 11.9 Å². The van der Waals surface area contributed by atoms with Gasteiger partial charge in [0.1, 0.15) is 0 Å². The van der Waals surface area contributed by atoms with Gasteiger partial charge < -0.3 is 20.9 Å². The lowest BCUT2D eigenvalue weighted by molar-refractivity contribution is -0.119. The van der Waals surface area contributed by atoms with Gasteiger partial charge in [-0.2, -0.15) is 0 Å². The Morgan fingerprint density at radius 1 is 1.13 bits per heavy atom. The molecule has 2 aliphatic rings. The SMILES string of the molecule is CN=C(NCCCN1CCN(Cc2ccccc2)CC1)N1CCCC(CC(N)=O)C1. The van der Waals surface area contributed by atoms with Gasteiger partial charge in [-0.15, -0.1) is 0 Å². The highest BCUT2D eigenvalue weighted by Gasteiger charge is 2.23. The molecule has 2 fully saturated rings. The van der Waals surface area contributed by atoms with Gasteiger partial charge in [-0.3, -0.25) is 14.7 Å². The fourth-order valence-electron chi connectivity index (χ4n) is 4.56. The van der Waals surface area contributed by atoms with Crippen LogP contribution in [0.2, 0.25) is 0 Å². The number of likely N-dealkylation sites (tertiary alicyclic amines) is 1. The zero-order valence-electron chi connectivity index (χ0n) is 18.4. The summed E-state index contributed by atoms with van der Waals surface area (Å²) in [5.74, 6) is 1.10. The van der Waals surface area contributed by atoms with Crippen molar-refractivity contribution in [3.05, 3.63) is 35.9 Å². The third-order valence-electron chi connectivity index (χ3n) is 6.17. The van der Waals surface area contributed by atoms with Gasteiger partial charge in [0.2, 0.25) is 5.91 Å². The topological polar surface area (TPSA) is 77.2 Å². The van der Waals surface area contributed by atoms with E-state index < -0.39 is 0 Å². The standard InChI is InChI=1S/C23H38N6O/c1-25-23(29-12-5-9-21(19-29)17-22(24)30)26-10-6-11-27-13-15-28(16-14-27)18-20-7-3-2-4-8-20/h2-4,7-8,21H,5-6,9-19H2,1H3,(H2,24,30)(H,25,26). The molecule has 166 valence electrons. The minimum Gasteiger partial charge on any atom is -0.370 e. The van der Waals surface area contributed by atoms with E-state index in [2.05, 4.69) is 55.3 Å². The van der Waals surface area contributed by atoms with Gasteiger partial charge in [-0.1, -0.05) is 30.3 Å². The summed E-state index contributed by atoms with van der Waals surface area (Å²) in [5, 5.41) is 3.52. The molecule has 0 aliphatic carbocycles. The molecule has 3 N–H and O–H groups in total. The predicted octanol–water partition coefficient (Wildman–Crippen LogP) is 1.36. The van der Waals surface area contributed by atoms with Crippen molar-refractivity contribution in [3.63, 3.8) is 0 Å². The maximum atomic E-state index is 11.2. The number of nitrogens with one attached hydrogen (secondary N) is 1. The van der Waals surface area contributed by atoms with E-state index in [9.17, 15) is 4.79 Å². The first-order valence-electron chi connectivity index (χ1n) is 11.4. The molecular formula is C23H38N6O. The molecule has 0 spiro atoms. The maximum absolute atomic E-state index is 11.2. The number of hydrogen-bond donors (Lipinski definition) is 2. The van der Waals surface area contributed by atoms with Gasteiger partial charge >= 0.3 is 0 Å². The van der Waals surface area contributed by atoms with Gasteiger partial charge in [-0.05, 0) is 37.3 Å². The molecule has 7 nitrogen and oxygen atoms in total. The molecule has 2 saturated heterocycles. The summed E-state index contributed by atoms with van der Waals surface area (Å²) in [5.41, 5.74) is 6.78. The largest absolute Gasteiger partial charge is 0.370 e. The van der Waals surface area contributed by atoms with E-state index in [-0.39, 0.29) is 5.91 Å². The molecule has 1 unspecified atom stereocenters. The van der Waals surface area contributed by atoms with E-state index in [1.54, 1.807) is 0 Å². The van der Waals surface area contributed by atoms with Crippen molar-refractivity contribution in [2.24, 2.45) is 16.6 Å². The van der Waals surface area contributed by atoms with Crippen LogP contribution in [0.1, 0.15) is 31.2 Å². The van der Waals surface area contributed by atoms with E-state index in [0.717, 1.165) is 84.1 Å². The van der Waals surface area contributed by atoms with Crippen LogP contribution in [0, 0.1) is 5.92 Å². The number of amides is 1. The van der Waals surface area contributed by atoms with Gasteiger partial charge in [-0.25, -0.2) is 0 Å². The number of hydrogen-bond acceptors (Lipinski definition) is 4. The van der Waals surface area contributed by atoms with E-state index in [0.29, 0.717) is 12.3 Å². The monoisotopic (exact) mass is 414 g/mol. The molecule has 0 bridgehead atoms. The van der Waals surface area contributed by atoms with Crippen LogP contribution in [0.5, 0.6) is 0 Å². The summed E-state index contributed by atoms with van der Waals surface area (Å²) in [6, 6.07) is 10.7. The van der Waals surface area contributed by atoms with Crippen molar-refractivity contribution in [1.29, 1.82) is 0 Å². The molecule has 0 radical (unpaired) electrons. The first-order chi connectivity index (χ1) is 14.6. The van der Waals surface area contributed by atoms with Gasteiger partial charge in [0.25, 0.3) is 0 Å². The van der Waals surface area contributed by atoms with E-state index in [1.165, 1.54) is 5.56 Å². The number of carbonyl (C=O) groups excluding carboxylic acids is 1. The Bertz CT molecular complexity index is 672. The Kier molecular flexibility index (Phi) is 8.96. The zero-order valence-corrected chi connectivity index (χ0v) is 18.4. The number of primary amides is 1. The Hall–Kier alpha value is -2.12. The molecular weight excluding hydrogens is 376 g/mol. The molecule has 2 heterocycles.